The van der Waals surface area contributed by atoms with E-state index in [1.807, 2.05) is 6.08 Å². The van der Waals surface area contributed by atoms with E-state index >= 15 is 0 Å². The molecule has 4 rings (SSSR count). The molecule has 3 heteroatoms. The average molecular weight is 315 g/mol. The largest absolute Gasteiger partial charge is 0.393 e. The molecule has 3 fully saturated rings. The molecule has 0 heterocycles. The van der Waals surface area contributed by atoms with Gasteiger partial charge in [-0.25, -0.2) is 0 Å². The molecule has 126 valence electrons. The Kier molecular flexibility index (Phi) is 3.45. The van der Waals surface area contributed by atoms with E-state index in [4.69, 9.17) is 0 Å². The van der Waals surface area contributed by atoms with Crippen LogP contribution in [0.3, 0.4) is 0 Å². The van der Waals surface area contributed by atoms with Crippen molar-refractivity contribution in [3.63, 3.8) is 0 Å². The molecule has 9 atom stereocenters. The summed E-state index contributed by atoms with van der Waals surface area (Å²) < 4.78 is 0. The highest BCUT2D eigenvalue weighted by molar-refractivity contribution is 5.19. The fraction of sp³-hybridized carbons (Fsp3) is 0.850. The molecule has 0 bridgehead atoms. The Bertz CT molecular complexity index is 566. The Morgan fingerprint density at radius 2 is 1.91 bits per heavy atom. The van der Waals surface area contributed by atoms with E-state index in [0.29, 0.717) is 30.1 Å². The third-order valence-corrected chi connectivity index (χ3v) is 8.30. The minimum absolute atomic E-state index is 0.0149. The molecule has 0 aromatic rings. The Labute approximate surface area is 139 Å². The lowest BCUT2D eigenvalue weighted by Gasteiger charge is -2.59. The summed E-state index contributed by atoms with van der Waals surface area (Å²) in [7, 11) is 0. The summed E-state index contributed by atoms with van der Waals surface area (Å²) in [5, 5.41) is 30.3. The maximum Gasteiger partial charge on any atom is 0.0724 e. The highest BCUT2D eigenvalue weighted by Crippen LogP contribution is 2.66. The van der Waals surface area contributed by atoms with E-state index in [-0.39, 0.29) is 29.0 Å². The number of allylic oxidation sites excluding steroid dienone is 1. The van der Waals surface area contributed by atoms with Gasteiger partial charge in [0.25, 0.3) is 0 Å². The first kappa shape index (κ1) is 15.7. The van der Waals surface area contributed by atoms with Crippen LogP contribution >= 0.6 is 0 Å². The molecule has 23 heavy (non-hydrogen) atoms. The van der Waals surface area contributed by atoms with Crippen molar-refractivity contribution in [3.8, 4) is 6.07 Å². The Morgan fingerprint density at radius 3 is 2.65 bits per heavy atom. The van der Waals surface area contributed by atoms with Crippen LogP contribution in [0.25, 0.3) is 0 Å². The number of hydrogen-bond donors (Lipinski definition) is 2. The summed E-state index contributed by atoms with van der Waals surface area (Å²) in [6, 6.07) is 2.53. The van der Waals surface area contributed by atoms with Crippen LogP contribution in [0, 0.1) is 51.8 Å². The predicted octanol–water partition coefficient (Wildman–Crippen LogP) is 3.28. The summed E-state index contributed by atoms with van der Waals surface area (Å²) in [6.07, 6.45) is 9.76. The van der Waals surface area contributed by atoms with Gasteiger partial charge in [0.05, 0.1) is 24.2 Å². The second kappa shape index (κ2) is 5.07. The van der Waals surface area contributed by atoms with Crippen molar-refractivity contribution in [1.29, 1.82) is 5.26 Å². The summed E-state index contributed by atoms with van der Waals surface area (Å²) in [4.78, 5) is 0. The van der Waals surface area contributed by atoms with Crippen molar-refractivity contribution in [2.24, 2.45) is 40.4 Å². The molecular weight excluding hydrogens is 286 g/mol. The molecule has 0 aromatic heterocycles. The number of rotatable bonds is 0. The maximum atomic E-state index is 10.6. The molecule has 2 N–H and O–H groups in total. The van der Waals surface area contributed by atoms with Gasteiger partial charge in [0.15, 0.2) is 0 Å². The van der Waals surface area contributed by atoms with Gasteiger partial charge in [-0.1, -0.05) is 26.0 Å². The van der Waals surface area contributed by atoms with Gasteiger partial charge in [-0.15, -0.1) is 0 Å². The van der Waals surface area contributed by atoms with Gasteiger partial charge >= 0.3 is 0 Å². The third-order valence-electron chi connectivity index (χ3n) is 8.30. The summed E-state index contributed by atoms with van der Waals surface area (Å²) in [5.74, 6) is 2.08. The van der Waals surface area contributed by atoms with Crippen LogP contribution in [0.5, 0.6) is 0 Å². The van der Waals surface area contributed by atoms with Crippen LogP contribution in [-0.4, -0.2) is 22.4 Å². The molecule has 0 radical (unpaired) electrons. The second-order valence-corrected chi connectivity index (χ2v) is 9.13. The zero-order valence-corrected chi connectivity index (χ0v) is 14.3. The fourth-order valence-corrected chi connectivity index (χ4v) is 7.00. The van der Waals surface area contributed by atoms with Crippen molar-refractivity contribution < 1.29 is 10.2 Å². The number of aliphatic hydroxyl groups is 2. The van der Waals surface area contributed by atoms with E-state index < -0.39 is 0 Å². The highest BCUT2D eigenvalue weighted by atomic mass is 16.3. The van der Waals surface area contributed by atoms with E-state index in [2.05, 4.69) is 26.0 Å². The number of hydrogen-bond acceptors (Lipinski definition) is 3. The molecule has 3 nitrogen and oxygen atoms in total. The molecule has 0 aromatic carbocycles. The number of aliphatic hydroxyl groups excluding tert-OH is 2. The number of nitriles is 1. The van der Waals surface area contributed by atoms with E-state index in [1.54, 1.807) is 0 Å². The zero-order valence-electron chi connectivity index (χ0n) is 14.3. The number of nitrogens with zero attached hydrogens (tertiary/aromatic N) is 1. The van der Waals surface area contributed by atoms with Gasteiger partial charge < -0.3 is 10.2 Å². The van der Waals surface area contributed by atoms with Gasteiger partial charge in [-0.2, -0.15) is 5.26 Å². The minimum atomic E-state index is -0.313. The lowest BCUT2D eigenvalue weighted by Crippen LogP contribution is -2.54. The van der Waals surface area contributed by atoms with Gasteiger partial charge in [-0.3, -0.25) is 0 Å². The quantitative estimate of drug-likeness (QED) is 0.674. The molecule has 0 aliphatic heterocycles. The normalized spacial score (nSPS) is 58.0. The first-order valence-corrected chi connectivity index (χ1v) is 9.35. The van der Waals surface area contributed by atoms with E-state index in [1.165, 1.54) is 0 Å². The van der Waals surface area contributed by atoms with Crippen LogP contribution < -0.4 is 0 Å². The van der Waals surface area contributed by atoms with Gasteiger partial charge in [0.1, 0.15) is 0 Å². The Balaban J connectivity index is 1.71. The second-order valence-electron chi connectivity index (χ2n) is 9.13. The molecular formula is C20H29NO2. The lowest BCUT2D eigenvalue weighted by atomic mass is 9.45. The summed E-state index contributed by atoms with van der Waals surface area (Å²) >= 11 is 0. The monoisotopic (exact) mass is 315 g/mol. The molecule has 0 spiro atoms. The maximum absolute atomic E-state index is 10.6. The molecule has 4 aliphatic carbocycles. The first-order chi connectivity index (χ1) is 10.9. The Hall–Kier alpha value is -0.850. The average Bonchev–Trinajstić information content (AvgIpc) is 2.79. The standard InChI is InChI=1S/C20H29NO2/c1-19-7-5-14(22)10-13(19)3-4-15-16(19)6-8-20(2)17(23)9-12(11-21)18(15)20/h5,7,12-18,22-23H,3-4,6,8-10H2,1-2H3/t12-,13?,14-,15+,16-,17-,18-,19-,20+/m0/s1. The summed E-state index contributed by atoms with van der Waals surface area (Å²) in [6.45, 7) is 4.61. The van der Waals surface area contributed by atoms with Crippen LogP contribution in [-0.2, 0) is 0 Å². The first-order valence-electron chi connectivity index (χ1n) is 9.35. The molecule has 4 aliphatic rings. The van der Waals surface area contributed by atoms with Crippen molar-refractivity contribution in [1.82, 2.24) is 0 Å². The SMILES string of the molecule is C[C@]12CC[C@H]3[C@@H](CCC4C[C@@H](O)C=C[C@@]43C)[C@@H]1[C@H](C#N)C[C@@H]2O. The van der Waals surface area contributed by atoms with Crippen molar-refractivity contribution in [2.45, 2.75) is 64.6 Å². The van der Waals surface area contributed by atoms with Gasteiger partial charge in [0.2, 0.25) is 0 Å². The smallest absolute Gasteiger partial charge is 0.0724 e. The Morgan fingerprint density at radius 1 is 1.13 bits per heavy atom. The van der Waals surface area contributed by atoms with Crippen molar-refractivity contribution in [3.05, 3.63) is 12.2 Å². The number of fused-ring (bicyclic) bond motifs is 5. The lowest BCUT2D eigenvalue weighted by molar-refractivity contribution is -0.104. The zero-order chi connectivity index (χ0) is 16.4. The molecule has 0 amide bonds. The van der Waals surface area contributed by atoms with Gasteiger partial charge in [-0.05, 0) is 73.0 Å². The highest BCUT2D eigenvalue weighted by Gasteiger charge is 2.62. The third kappa shape index (κ3) is 2.01. The van der Waals surface area contributed by atoms with Crippen molar-refractivity contribution >= 4 is 0 Å². The van der Waals surface area contributed by atoms with Crippen LogP contribution in [0.4, 0.5) is 0 Å². The fourth-order valence-electron chi connectivity index (χ4n) is 7.00. The minimum Gasteiger partial charge on any atom is -0.393 e. The summed E-state index contributed by atoms with van der Waals surface area (Å²) in [5.41, 5.74) is 0.0969. The van der Waals surface area contributed by atoms with Crippen LogP contribution in [0.1, 0.15) is 52.4 Å². The topological polar surface area (TPSA) is 64.2 Å². The van der Waals surface area contributed by atoms with Crippen LogP contribution in [0.2, 0.25) is 0 Å². The van der Waals surface area contributed by atoms with E-state index in [9.17, 15) is 15.5 Å². The molecule has 1 unspecified atom stereocenters. The predicted molar refractivity (Wildman–Crippen MR) is 88.1 cm³/mol. The van der Waals surface area contributed by atoms with Crippen molar-refractivity contribution in [2.75, 3.05) is 0 Å². The molecule has 0 saturated heterocycles. The van der Waals surface area contributed by atoms with Crippen LogP contribution in [0.15, 0.2) is 12.2 Å². The molecule has 3 saturated carbocycles. The van der Waals surface area contributed by atoms with E-state index in [0.717, 1.165) is 32.1 Å². The van der Waals surface area contributed by atoms with Gasteiger partial charge in [0, 0.05) is 0 Å².